The van der Waals surface area contributed by atoms with Gasteiger partial charge in [0.15, 0.2) is 0 Å². The molecule has 0 aliphatic heterocycles. The molecular weight excluding hydrogens is 288 g/mol. The number of carbonyl (C=O) groups excluding carboxylic acids is 1. The van der Waals surface area contributed by atoms with E-state index in [-0.39, 0.29) is 16.7 Å². The van der Waals surface area contributed by atoms with Crippen LogP contribution in [0.15, 0.2) is 23.1 Å². The molecule has 1 amide bonds. The van der Waals surface area contributed by atoms with Gasteiger partial charge in [0.2, 0.25) is 15.9 Å². The molecule has 5 nitrogen and oxygen atoms in total. The summed E-state index contributed by atoms with van der Waals surface area (Å²) in [7, 11) is -3.71. The Morgan fingerprint density at radius 2 is 2.05 bits per heavy atom. The summed E-state index contributed by atoms with van der Waals surface area (Å²) in [5.74, 6) is 1.42. The molecule has 3 rings (SSSR count). The molecule has 2 saturated carbocycles. The SMILES string of the molecule is Cc1cc(NC(=O)C2CC3CCC2C3)ccc1S(N)(=O)=O. The van der Waals surface area contributed by atoms with E-state index in [2.05, 4.69) is 5.32 Å². The number of benzene rings is 1. The normalized spacial score (nSPS) is 27.8. The third-order valence-corrected chi connectivity index (χ3v) is 5.89. The van der Waals surface area contributed by atoms with Crippen LogP contribution in [0.3, 0.4) is 0 Å². The molecule has 2 fully saturated rings. The summed E-state index contributed by atoms with van der Waals surface area (Å²) in [4.78, 5) is 12.4. The minimum atomic E-state index is -3.71. The first-order valence-corrected chi connectivity index (χ1v) is 8.83. The highest BCUT2D eigenvalue weighted by atomic mass is 32.2. The first-order chi connectivity index (χ1) is 9.84. The van der Waals surface area contributed by atoms with Gasteiger partial charge in [0.05, 0.1) is 4.90 Å². The zero-order valence-corrected chi connectivity index (χ0v) is 12.8. The number of fused-ring (bicyclic) bond motifs is 2. The molecule has 0 heterocycles. The Balaban J connectivity index is 1.74. The third-order valence-electron chi connectivity index (χ3n) is 4.82. The van der Waals surface area contributed by atoms with Crippen molar-refractivity contribution in [3.05, 3.63) is 23.8 Å². The second kappa shape index (κ2) is 5.10. The lowest BCUT2D eigenvalue weighted by molar-refractivity contribution is -0.121. The van der Waals surface area contributed by atoms with Gasteiger partial charge in [-0.3, -0.25) is 4.79 Å². The average molecular weight is 308 g/mol. The van der Waals surface area contributed by atoms with Gasteiger partial charge < -0.3 is 5.32 Å². The molecule has 2 aliphatic rings. The van der Waals surface area contributed by atoms with Crippen molar-refractivity contribution in [2.24, 2.45) is 22.9 Å². The van der Waals surface area contributed by atoms with Gasteiger partial charge in [-0.15, -0.1) is 0 Å². The third kappa shape index (κ3) is 2.82. The van der Waals surface area contributed by atoms with Crippen LogP contribution in [0.5, 0.6) is 0 Å². The number of hydrogen-bond acceptors (Lipinski definition) is 3. The van der Waals surface area contributed by atoms with E-state index in [1.165, 1.54) is 18.9 Å². The molecule has 2 bridgehead atoms. The molecular formula is C15H20N2O3S. The minimum absolute atomic E-state index is 0.0601. The molecule has 3 N–H and O–H groups in total. The van der Waals surface area contributed by atoms with Crippen LogP contribution < -0.4 is 10.5 Å². The number of amides is 1. The van der Waals surface area contributed by atoms with Crippen molar-refractivity contribution in [3.63, 3.8) is 0 Å². The van der Waals surface area contributed by atoms with E-state index < -0.39 is 10.0 Å². The maximum absolute atomic E-state index is 12.3. The van der Waals surface area contributed by atoms with E-state index in [0.29, 0.717) is 17.2 Å². The van der Waals surface area contributed by atoms with E-state index in [1.807, 2.05) is 0 Å². The van der Waals surface area contributed by atoms with Crippen LogP contribution in [-0.2, 0) is 14.8 Å². The number of rotatable bonds is 3. The Bertz CT molecular complexity index is 684. The predicted molar refractivity (Wildman–Crippen MR) is 80.1 cm³/mol. The van der Waals surface area contributed by atoms with E-state index in [9.17, 15) is 13.2 Å². The van der Waals surface area contributed by atoms with Crippen molar-refractivity contribution in [2.75, 3.05) is 5.32 Å². The molecule has 0 radical (unpaired) electrons. The summed E-state index contributed by atoms with van der Waals surface area (Å²) in [6, 6.07) is 4.70. The van der Waals surface area contributed by atoms with Crippen molar-refractivity contribution in [2.45, 2.75) is 37.5 Å². The zero-order valence-electron chi connectivity index (χ0n) is 12.0. The summed E-state index contributed by atoms with van der Waals surface area (Å²) >= 11 is 0. The number of nitrogens with one attached hydrogen (secondary N) is 1. The maximum atomic E-state index is 12.3. The fraction of sp³-hybridized carbons (Fsp3) is 0.533. The van der Waals surface area contributed by atoms with Gasteiger partial charge in [-0.1, -0.05) is 6.42 Å². The summed E-state index contributed by atoms with van der Waals surface area (Å²) in [5.41, 5.74) is 1.18. The molecule has 6 heteroatoms. The van der Waals surface area contributed by atoms with Crippen molar-refractivity contribution >= 4 is 21.6 Å². The van der Waals surface area contributed by atoms with E-state index in [4.69, 9.17) is 5.14 Å². The van der Waals surface area contributed by atoms with Crippen molar-refractivity contribution in [3.8, 4) is 0 Å². The molecule has 21 heavy (non-hydrogen) atoms. The molecule has 114 valence electrons. The number of aryl methyl sites for hydroxylation is 1. The highest BCUT2D eigenvalue weighted by molar-refractivity contribution is 7.89. The molecule has 1 aromatic carbocycles. The van der Waals surface area contributed by atoms with Gasteiger partial charge in [-0.2, -0.15) is 0 Å². The number of carbonyl (C=O) groups is 1. The predicted octanol–water partition coefficient (Wildman–Crippen LogP) is 2.02. The molecule has 1 aromatic rings. The molecule has 0 spiro atoms. The molecule has 0 saturated heterocycles. The van der Waals surface area contributed by atoms with Gasteiger partial charge in [0.1, 0.15) is 0 Å². The first-order valence-electron chi connectivity index (χ1n) is 7.29. The van der Waals surface area contributed by atoms with E-state index in [0.717, 1.165) is 18.8 Å². The first kappa shape index (κ1) is 14.5. The fourth-order valence-electron chi connectivity index (χ4n) is 3.85. The highest BCUT2D eigenvalue weighted by Crippen LogP contribution is 2.48. The lowest BCUT2D eigenvalue weighted by Crippen LogP contribution is -2.27. The quantitative estimate of drug-likeness (QED) is 0.895. The van der Waals surface area contributed by atoms with Gasteiger partial charge >= 0.3 is 0 Å². The van der Waals surface area contributed by atoms with Crippen molar-refractivity contribution in [1.29, 1.82) is 0 Å². The number of nitrogens with two attached hydrogens (primary N) is 1. The van der Waals surface area contributed by atoms with Crippen LogP contribution in [0.4, 0.5) is 5.69 Å². The van der Waals surface area contributed by atoms with Gasteiger partial charge in [-0.25, -0.2) is 13.6 Å². The van der Waals surface area contributed by atoms with Crippen LogP contribution in [0, 0.1) is 24.7 Å². The largest absolute Gasteiger partial charge is 0.326 e. The second-order valence-electron chi connectivity index (χ2n) is 6.30. The number of hydrogen-bond donors (Lipinski definition) is 2. The Hall–Kier alpha value is -1.40. The smallest absolute Gasteiger partial charge is 0.238 e. The summed E-state index contributed by atoms with van der Waals surface area (Å²) in [6.45, 7) is 1.67. The number of sulfonamides is 1. The Morgan fingerprint density at radius 3 is 2.57 bits per heavy atom. The van der Waals surface area contributed by atoms with Crippen molar-refractivity contribution < 1.29 is 13.2 Å². The van der Waals surface area contributed by atoms with E-state index in [1.54, 1.807) is 19.1 Å². The van der Waals surface area contributed by atoms with Crippen LogP contribution >= 0.6 is 0 Å². The van der Waals surface area contributed by atoms with Crippen molar-refractivity contribution in [1.82, 2.24) is 0 Å². The van der Waals surface area contributed by atoms with E-state index >= 15 is 0 Å². The Labute approximate surface area is 125 Å². The Morgan fingerprint density at radius 1 is 1.29 bits per heavy atom. The number of anilines is 1. The highest BCUT2D eigenvalue weighted by Gasteiger charge is 2.43. The minimum Gasteiger partial charge on any atom is -0.326 e. The number of primary sulfonamides is 1. The summed E-state index contributed by atoms with van der Waals surface area (Å²) in [5, 5.41) is 8.05. The van der Waals surface area contributed by atoms with Gasteiger partial charge in [0.25, 0.3) is 0 Å². The monoisotopic (exact) mass is 308 g/mol. The molecule has 3 unspecified atom stereocenters. The van der Waals surface area contributed by atoms with Crippen LogP contribution in [-0.4, -0.2) is 14.3 Å². The van der Waals surface area contributed by atoms with Gasteiger partial charge in [-0.05, 0) is 61.8 Å². The lowest BCUT2D eigenvalue weighted by Gasteiger charge is -2.21. The standard InChI is InChI=1S/C15H20N2O3S/c1-9-6-12(4-5-14(9)21(16,19)20)17-15(18)13-8-10-2-3-11(13)7-10/h4-6,10-11,13H,2-3,7-8H2,1H3,(H,17,18)(H2,16,19,20). The topological polar surface area (TPSA) is 89.3 Å². The fourth-order valence-corrected chi connectivity index (χ4v) is 4.61. The lowest BCUT2D eigenvalue weighted by atomic mass is 9.88. The van der Waals surface area contributed by atoms with Crippen LogP contribution in [0.25, 0.3) is 0 Å². The molecule has 3 atom stereocenters. The zero-order chi connectivity index (χ0) is 15.2. The van der Waals surface area contributed by atoms with Crippen LogP contribution in [0.2, 0.25) is 0 Å². The van der Waals surface area contributed by atoms with Crippen LogP contribution in [0.1, 0.15) is 31.2 Å². The summed E-state index contributed by atoms with van der Waals surface area (Å²) < 4.78 is 22.7. The average Bonchev–Trinajstić information content (AvgIpc) is 2.99. The molecule has 0 aromatic heterocycles. The maximum Gasteiger partial charge on any atom is 0.238 e. The summed E-state index contributed by atoms with van der Waals surface area (Å²) in [6.07, 6.45) is 4.59. The molecule has 2 aliphatic carbocycles. The Kier molecular flexibility index (Phi) is 3.53. The second-order valence-corrected chi connectivity index (χ2v) is 7.83. The van der Waals surface area contributed by atoms with Gasteiger partial charge in [0, 0.05) is 11.6 Å².